The van der Waals surface area contributed by atoms with Gasteiger partial charge in [0.15, 0.2) is 9.84 Å². The average Bonchev–Trinajstić information content (AvgIpc) is 2.17. The molecule has 0 aliphatic heterocycles. The Hall–Kier alpha value is -0.620. The zero-order valence-electron chi connectivity index (χ0n) is 11.4. The Morgan fingerprint density at radius 2 is 1.71 bits per heavy atom. The van der Waals surface area contributed by atoms with Crippen molar-refractivity contribution < 1.29 is 13.2 Å². The lowest BCUT2D eigenvalue weighted by Gasteiger charge is -2.24. The topological polar surface area (TPSA) is 66.5 Å². The number of sulfone groups is 1. The number of nitrogens with zero attached hydrogens (tertiary/aromatic N) is 1. The largest absolute Gasteiger partial charge is 0.342 e. The van der Waals surface area contributed by atoms with Gasteiger partial charge >= 0.3 is 0 Å². The maximum absolute atomic E-state index is 11.7. The molecule has 0 heterocycles. The van der Waals surface area contributed by atoms with Gasteiger partial charge in [-0.05, 0) is 27.7 Å². The second-order valence-electron chi connectivity index (χ2n) is 4.70. The van der Waals surface area contributed by atoms with Gasteiger partial charge in [0.1, 0.15) is 0 Å². The van der Waals surface area contributed by atoms with Gasteiger partial charge in [0.05, 0.1) is 11.3 Å². The quantitative estimate of drug-likeness (QED) is 0.716. The third kappa shape index (κ3) is 5.04. The Morgan fingerprint density at radius 3 is 2.06 bits per heavy atom. The fourth-order valence-electron chi connectivity index (χ4n) is 1.29. The van der Waals surface area contributed by atoms with Gasteiger partial charge in [-0.3, -0.25) is 4.79 Å². The highest BCUT2D eigenvalue weighted by Gasteiger charge is 2.29. The highest BCUT2D eigenvalue weighted by molar-refractivity contribution is 7.92. The molecular weight excluding hydrogens is 240 g/mol. The maximum atomic E-state index is 11.7. The maximum Gasteiger partial charge on any atom is 0.236 e. The first-order chi connectivity index (χ1) is 7.65. The first kappa shape index (κ1) is 16.4. The standard InChI is InChI=1S/C11H24N2O3S/c1-6-13(7-2)10(14)8-12-9-11(3,4)17(5,15)16/h12H,6-9H2,1-5H3. The second kappa shape index (κ2) is 6.35. The highest BCUT2D eigenvalue weighted by Crippen LogP contribution is 2.13. The third-order valence-electron chi connectivity index (χ3n) is 2.95. The minimum absolute atomic E-state index is 0.000647. The van der Waals surface area contributed by atoms with Crippen molar-refractivity contribution in [3.8, 4) is 0 Å². The Balaban J connectivity index is 4.21. The van der Waals surface area contributed by atoms with Gasteiger partial charge in [-0.15, -0.1) is 0 Å². The number of carbonyl (C=O) groups excluding carboxylic acids is 1. The van der Waals surface area contributed by atoms with Gasteiger partial charge in [-0.25, -0.2) is 8.42 Å². The van der Waals surface area contributed by atoms with Gasteiger partial charge in [0, 0.05) is 25.9 Å². The van der Waals surface area contributed by atoms with Gasteiger partial charge in [0.2, 0.25) is 5.91 Å². The predicted octanol–water partition coefficient (Wildman–Crippen LogP) is 0.268. The van der Waals surface area contributed by atoms with Gasteiger partial charge in [-0.1, -0.05) is 0 Å². The zero-order chi connectivity index (χ0) is 13.7. The van der Waals surface area contributed by atoms with Crippen LogP contribution in [0.1, 0.15) is 27.7 Å². The van der Waals surface area contributed by atoms with E-state index < -0.39 is 14.6 Å². The number of hydrogen-bond acceptors (Lipinski definition) is 4. The van der Waals surface area contributed by atoms with Crippen molar-refractivity contribution in [2.45, 2.75) is 32.4 Å². The summed E-state index contributed by atoms with van der Waals surface area (Å²) in [6.45, 7) is 8.94. The molecule has 0 spiro atoms. The summed E-state index contributed by atoms with van der Waals surface area (Å²) in [5.41, 5.74) is 0. The SMILES string of the molecule is CCN(CC)C(=O)CNCC(C)(C)S(C)(=O)=O. The van der Waals surface area contributed by atoms with E-state index in [-0.39, 0.29) is 19.0 Å². The van der Waals surface area contributed by atoms with E-state index in [1.807, 2.05) is 13.8 Å². The van der Waals surface area contributed by atoms with E-state index in [2.05, 4.69) is 5.32 Å². The number of carbonyl (C=O) groups is 1. The summed E-state index contributed by atoms with van der Waals surface area (Å²) in [7, 11) is -3.12. The van der Waals surface area contributed by atoms with E-state index in [9.17, 15) is 13.2 Å². The predicted molar refractivity (Wildman–Crippen MR) is 69.7 cm³/mol. The van der Waals surface area contributed by atoms with Crippen molar-refractivity contribution >= 4 is 15.7 Å². The number of likely N-dealkylation sites (N-methyl/N-ethyl adjacent to an activating group) is 1. The number of amides is 1. The lowest BCUT2D eigenvalue weighted by Crippen LogP contribution is -2.45. The summed E-state index contributed by atoms with van der Waals surface area (Å²) in [5, 5.41) is 2.91. The zero-order valence-corrected chi connectivity index (χ0v) is 12.2. The van der Waals surface area contributed by atoms with Crippen molar-refractivity contribution in [3.05, 3.63) is 0 Å². The van der Waals surface area contributed by atoms with Crippen LogP contribution in [-0.4, -0.2) is 56.4 Å². The van der Waals surface area contributed by atoms with E-state index in [1.165, 1.54) is 6.26 Å². The molecular formula is C11H24N2O3S. The van der Waals surface area contributed by atoms with E-state index >= 15 is 0 Å². The summed E-state index contributed by atoms with van der Waals surface area (Å²) in [6.07, 6.45) is 1.21. The number of rotatable bonds is 7. The molecule has 0 atom stereocenters. The molecule has 0 rings (SSSR count). The van der Waals surface area contributed by atoms with Gasteiger partial charge in [0.25, 0.3) is 0 Å². The van der Waals surface area contributed by atoms with Crippen LogP contribution in [0.5, 0.6) is 0 Å². The van der Waals surface area contributed by atoms with E-state index in [0.717, 1.165) is 0 Å². The van der Waals surface area contributed by atoms with Gasteiger partial charge < -0.3 is 10.2 Å². The minimum Gasteiger partial charge on any atom is -0.342 e. The fourth-order valence-corrected chi connectivity index (χ4v) is 1.65. The summed E-state index contributed by atoms with van der Waals surface area (Å²) >= 11 is 0. The highest BCUT2D eigenvalue weighted by atomic mass is 32.2. The van der Waals surface area contributed by atoms with Crippen molar-refractivity contribution in [2.24, 2.45) is 0 Å². The fraction of sp³-hybridized carbons (Fsp3) is 0.909. The molecule has 0 aromatic rings. The van der Waals surface area contributed by atoms with Crippen LogP contribution in [0.2, 0.25) is 0 Å². The Labute approximate surface area is 104 Å². The average molecular weight is 264 g/mol. The molecule has 0 aliphatic carbocycles. The van der Waals surface area contributed by atoms with Crippen molar-refractivity contribution in [1.29, 1.82) is 0 Å². The summed E-state index contributed by atoms with van der Waals surface area (Å²) in [5.74, 6) is -0.000647. The van der Waals surface area contributed by atoms with Crippen LogP contribution in [0.25, 0.3) is 0 Å². The van der Waals surface area contributed by atoms with Crippen LogP contribution in [0.4, 0.5) is 0 Å². The van der Waals surface area contributed by atoms with Crippen LogP contribution in [0.15, 0.2) is 0 Å². The summed E-state index contributed by atoms with van der Waals surface area (Å²) in [6, 6.07) is 0. The number of nitrogens with one attached hydrogen (secondary N) is 1. The Kier molecular flexibility index (Phi) is 6.12. The molecule has 0 fully saturated rings. The lowest BCUT2D eigenvalue weighted by atomic mass is 10.2. The first-order valence-electron chi connectivity index (χ1n) is 5.83. The molecule has 0 radical (unpaired) electrons. The molecule has 6 heteroatoms. The van der Waals surface area contributed by atoms with E-state index in [0.29, 0.717) is 13.1 Å². The van der Waals surface area contributed by atoms with Crippen LogP contribution >= 0.6 is 0 Å². The molecule has 0 bridgehead atoms. The lowest BCUT2D eigenvalue weighted by molar-refractivity contribution is -0.129. The first-order valence-corrected chi connectivity index (χ1v) is 7.73. The molecule has 102 valence electrons. The minimum atomic E-state index is -3.12. The van der Waals surface area contributed by atoms with Crippen LogP contribution in [0, 0.1) is 0 Å². The summed E-state index contributed by atoms with van der Waals surface area (Å²) in [4.78, 5) is 13.4. The normalized spacial score (nSPS) is 12.5. The van der Waals surface area contributed by atoms with E-state index in [4.69, 9.17) is 0 Å². The van der Waals surface area contributed by atoms with Crippen LogP contribution in [0.3, 0.4) is 0 Å². The third-order valence-corrected chi connectivity index (χ3v) is 5.10. The molecule has 1 amide bonds. The van der Waals surface area contributed by atoms with Gasteiger partial charge in [-0.2, -0.15) is 0 Å². The number of hydrogen-bond donors (Lipinski definition) is 1. The van der Waals surface area contributed by atoms with Crippen molar-refractivity contribution in [2.75, 3.05) is 32.4 Å². The van der Waals surface area contributed by atoms with Crippen LogP contribution < -0.4 is 5.32 Å². The molecule has 0 aromatic carbocycles. The summed E-state index contributed by atoms with van der Waals surface area (Å²) < 4.78 is 22.0. The molecule has 1 N–H and O–H groups in total. The smallest absolute Gasteiger partial charge is 0.236 e. The molecule has 0 saturated carbocycles. The Bertz CT molecular complexity index is 346. The monoisotopic (exact) mass is 264 g/mol. The Morgan fingerprint density at radius 1 is 1.24 bits per heavy atom. The van der Waals surface area contributed by atoms with Crippen molar-refractivity contribution in [3.63, 3.8) is 0 Å². The van der Waals surface area contributed by atoms with E-state index in [1.54, 1.807) is 18.7 Å². The molecule has 5 nitrogen and oxygen atoms in total. The van der Waals surface area contributed by atoms with Crippen molar-refractivity contribution in [1.82, 2.24) is 10.2 Å². The molecule has 0 saturated heterocycles. The molecule has 0 aromatic heterocycles. The molecule has 17 heavy (non-hydrogen) atoms. The molecule has 0 unspecified atom stereocenters. The second-order valence-corrected chi connectivity index (χ2v) is 7.35. The van der Waals surface area contributed by atoms with Crippen LogP contribution in [-0.2, 0) is 14.6 Å². The molecule has 0 aliphatic rings.